The van der Waals surface area contributed by atoms with Crippen LogP contribution in [0.5, 0.6) is 0 Å². The van der Waals surface area contributed by atoms with Crippen LogP contribution in [0.15, 0.2) is 0 Å². The smallest absolute Gasteiger partial charge is 0.0965 e. The lowest BCUT2D eigenvalue weighted by atomic mass is 9.78. The molecule has 2 fully saturated rings. The second kappa shape index (κ2) is 5.69. The predicted octanol–water partition coefficient (Wildman–Crippen LogP) is 1.30. The van der Waals surface area contributed by atoms with Crippen LogP contribution < -0.4 is 5.32 Å². The van der Waals surface area contributed by atoms with Gasteiger partial charge >= 0.3 is 0 Å². The highest BCUT2D eigenvalue weighted by Gasteiger charge is 2.35. The lowest BCUT2D eigenvalue weighted by molar-refractivity contribution is -0.0405. The van der Waals surface area contributed by atoms with Crippen molar-refractivity contribution in [3.63, 3.8) is 0 Å². The van der Waals surface area contributed by atoms with E-state index in [9.17, 15) is 0 Å². The van der Waals surface area contributed by atoms with E-state index < -0.39 is 0 Å². The lowest BCUT2D eigenvalue weighted by Gasteiger charge is -2.43. The van der Waals surface area contributed by atoms with Crippen molar-refractivity contribution in [2.75, 3.05) is 40.0 Å². The summed E-state index contributed by atoms with van der Waals surface area (Å²) in [5, 5.41) is 3.32. The van der Waals surface area contributed by atoms with Gasteiger partial charge in [-0.3, -0.25) is 5.32 Å². The fourth-order valence-electron chi connectivity index (χ4n) is 2.12. The Morgan fingerprint density at radius 3 is 2.36 bits per heavy atom. The van der Waals surface area contributed by atoms with E-state index in [4.69, 9.17) is 4.74 Å². The molecule has 0 saturated carbocycles. The van der Waals surface area contributed by atoms with Crippen LogP contribution in [0.4, 0.5) is 0 Å². The first kappa shape index (κ1) is 12.0. The number of hydrogen-bond acceptors (Lipinski definition) is 3. The zero-order valence-corrected chi connectivity index (χ0v) is 9.81. The summed E-state index contributed by atoms with van der Waals surface area (Å²) in [7, 11) is 2.20. The van der Waals surface area contributed by atoms with Crippen LogP contribution in [0, 0.1) is 5.41 Å². The number of rotatable bonds is 0. The molecule has 3 nitrogen and oxygen atoms in total. The Morgan fingerprint density at radius 2 is 1.86 bits per heavy atom. The van der Waals surface area contributed by atoms with Crippen LogP contribution in [0.2, 0.25) is 0 Å². The van der Waals surface area contributed by atoms with Crippen molar-refractivity contribution >= 4 is 0 Å². The van der Waals surface area contributed by atoms with Gasteiger partial charge in [0.1, 0.15) is 0 Å². The van der Waals surface area contributed by atoms with E-state index in [1.807, 2.05) is 13.8 Å². The molecule has 2 aliphatic heterocycles. The van der Waals surface area contributed by atoms with E-state index in [1.165, 1.54) is 25.9 Å². The summed E-state index contributed by atoms with van der Waals surface area (Å²) < 4.78 is 5.47. The number of nitrogens with zero attached hydrogens (tertiary/aromatic N) is 1. The number of nitrogens with one attached hydrogen (secondary N) is 1. The monoisotopic (exact) mass is 200 g/mol. The van der Waals surface area contributed by atoms with Crippen molar-refractivity contribution < 1.29 is 4.74 Å². The topological polar surface area (TPSA) is 24.5 Å². The third kappa shape index (κ3) is 2.94. The van der Waals surface area contributed by atoms with Gasteiger partial charge in [-0.2, -0.15) is 0 Å². The number of ether oxygens (including phenoxy) is 1. The molecule has 2 aliphatic rings. The van der Waals surface area contributed by atoms with Crippen molar-refractivity contribution in [3.05, 3.63) is 0 Å². The quantitative estimate of drug-likeness (QED) is 0.638. The molecule has 0 unspecified atom stereocenters. The number of likely N-dealkylation sites (tertiary alicyclic amines) is 1. The van der Waals surface area contributed by atoms with E-state index in [-0.39, 0.29) is 0 Å². The molecule has 84 valence electrons. The van der Waals surface area contributed by atoms with E-state index in [1.54, 1.807) is 0 Å². The second-order valence-corrected chi connectivity index (χ2v) is 4.22. The first-order chi connectivity index (χ1) is 6.81. The Bertz CT molecular complexity index is 145. The maximum atomic E-state index is 5.47. The van der Waals surface area contributed by atoms with Gasteiger partial charge in [0, 0.05) is 12.0 Å². The molecule has 3 heteroatoms. The normalized spacial score (nSPS) is 26.8. The average molecular weight is 200 g/mol. The van der Waals surface area contributed by atoms with Gasteiger partial charge in [0.05, 0.1) is 13.3 Å². The van der Waals surface area contributed by atoms with Crippen LogP contribution in [0.1, 0.15) is 26.7 Å². The Balaban J connectivity index is 0.000000461. The molecule has 2 saturated heterocycles. The molecule has 1 spiro atoms. The third-order valence-corrected chi connectivity index (χ3v) is 3.16. The molecule has 0 aliphatic carbocycles. The molecule has 0 amide bonds. The van der Waals surface area contributed by atoms with Crippen molar-refractivity contribution in [1.29, 1.82) is 0 Å². The minimum absolute atomic E-state index is 0.463. The molecule has 0 aromatic heterocycles. The van der Waals surface area contributed by atoms with Crippen LogP contribution in [0.3, 0.4) is 0 Å². The molecule has 0 aromatic rings. The van der Waals surface area contributed by atoms with Crippen molar-refractivity contribution in [3.8, 4) is 0 Å². The maximum Gasteiger partial charge on any atom is 0.0965 e. The molecule has 2 rings (SSSR count). The summed E-state index contributed by atoms with van der Waals surface area (Å²) in [6.45, 7) is 9.32. The molecule has 0 bridgehead atoms. The third-order valence-electron chi connectivity index (χ3n) is 3.16. The van der Waals surface area contributed by atoms with Crippen LogP contribution in [0.25, 0.3) is 0 Å². The van der Waals surface area contributed by atoms with Crippen molar-refractivity contribution in [2.24, 2.45) is 5.41 Å². The largest absolute Gasteiger partial charge is 0.366 e. The van der Waals surface area contributed by atoms with E-state index in [2.05, 4.69) is 17.3 Å². The van der Waals surface area contributed by atoms with Gasteiger partial charge in [0.15, 0.2) is 0 Å². The highest BCUT2D eigenvalue weighted by Crippen LogP contribution is 2.31. The lowest BCUT2D eigenvalue weighted by Crippen LogP contribution is -2.50. The molecular formula is C11H24N2O. The van der Waals surface area contributed by atoms with Gasteiger partial charge in [-0.15, -0.1) is 0 Å². The first-order valence-electron chi connectivity index (χ1n) is 5.78. The molecule has 0 radical (unpaired) electrons. The van der Waals surface area contributed by atoms with Gasteiger partial charge in [0.2, 0.25) is 0 Å². The summed E-state index contributed by atoms with van der Waals surface area (Å²) in [6, 6.07) is 0. The predicted molar refractivity (Wildman–Crippen MR) is 59.3 cm³/mol. The fourth-order valence-corrected chi connectivity index (χ4v) is 2.12. The first-order valence-corrected chi connectivity index (χ1v) is 5.78. The summed E-state index contributed by atoms with van der Waals surface area (Å²) in [6.07, 6.45) is 2.58. The molecule has 1 N–H and O–H groups in total. The minimum atomic E-state index is 0.463. The summed E-state index contributed by atoms with van der Waals surface area (Å²) in [5.41, 5.74) is 0.463. The van der Waals surface area contributed by atoms with Gasteiger partial charge in [-0.1, -0.05) is 13.8 Å². The number of piperidine rings is 1. The van der Waals surface area contributed by atoms with Gasteiger partial charge in [-0.05, 0) is 33.0 Å². The summed E-state index contributed by atoms with van der Waals surface area (Å²) in [4.78, 5) is 2.40. The summed E-state index contributed by atoms with van der Waals surface area (Å²) >= 11 is 0. The molecule has 2 heterocycles. The van der Waals surface area contributed by atoms with E-state index in [0.717, 1.165) is 19.9 Å². The zero-order chi connectivity index (χ0) is 10.4. The van der Waals surface area contributed by atoms with E-state index in [0.29, 0.717) is 5.41 Å². The molecule has 0 atom stereocenters. The average Bonchev–Trinajstić information content (AvgIpc) is 2.27. The maximum absolute atomic E-state index is 5.47. The molecular weight excluding hydrogens is 176 g/mol. The Hall–Kier alpha value is -0.120. The van der Waals surface area contributed by atoms with Crippen LogP contribution in [-0.2, 0) is 4.74 Å². The minimum Gasteiger partial charge on any atom is -0.366 e. The van der Waals surface area contributed by atoms with Gasteiger partial charge < -0.3 is 9.64 Å². The standard InChI is InChI=1S/C9H18N2O.C2H6/c1-11-4-2-9(3-5-11)6-10-8-12-7-9;1-2/h10H,2-8H2,1H3;1-2H3. The van der Waals surface area contributed by atoms with Crippen LogP contribution in [-0.4, -0.2) is 44.9 Å². The highest BCUT2D eigenvalue weighted by atomic mass is 16.5. The van der Waals surface area contributed by atoms with Crippen LogP contribution >= 0.6 is 0 Å². The summed E-state index contributed by atoms with van der Waals surface area (Å²) in [5.74, 6) is 0. The molecule has 0 aromatic carbocycles. The van der Waals surface area contributed by atoms with Gasteiger partial charge in [0.25, 0.3) is 0 Å². The molecule has 14 heavy (non-hydrogen) atoms. The Labute approximate surface area is 87.8 Å². The zero-order valence-electron chi connectivity index (χ0n) is 9.81. The van der Waals surface area contributed by atoms with Crippen molar-refractivity contribution in [1.82, 2.24) is 10.2 Å². The second-order valence-electron chi connectivity index (χ2n) is 4.22. The highest BCUT2D eigenvalue weighted by molar-refractivity contribution is 4.88. The van der Waals surface area contributed by atoms with E-state index >= 15 is 0 Å². The number of hydrogen-bond donors (Lipinski definition) is 1. The SMILES string of the molecule is CC.CN1CCC2(CC1)CNCOC2. The Kier molecular flexibility index (Phi) is 4.85. The van der Waals surface area contributed by atoms with Crippen molar-refractivity contribution in [2.45, 2.75) is 26.7 Å². The Morgan fingerprint density at radius 1 is 1.21 bits per heavy atom. The fraction of sp³-hybridized carbons (Fsp3) is 1.00. The van der Waals surface area contributed by atoms with Gasteiger partial charge in [-0.25, -0.2) is 0 Å².